The van der Waals surface area contributed by atoms with Crippen LogP contribution in [0.5, 0.6) is 0 Å². The van der Waals surface area contributed by atoms with Crippen molar-refractivity contribution in [1.82, 2.24) is 0 Å². The van der Waals surface area contributed by atoms with Crippen molar-refractivity contribution in [2.24, 2.45) is 0 Å². The third-order valence-corrected chi connectivity index (χ3v) is 2.44. The Morgan fingerprint density at radius 3 is 2.47 bits per heavy atom. The molecule has 0 fully saturated rings. The molecule has 1 heteroatoms. The van der Waals surface area contributed by atoms with Crippen LogP contribution in [-0.2, 0) is 4.74 Å². The van der Waals surface area contributed by atoms with Gasteiger partial charge in [-0.3, -0.25) is 0 Å². The number of rotatable bonds is 5. The minimum absolute atomic E-state index is 0.259. The Bertz CT molecular complexity index is 300. The Hall–Kier alpha value is -1.08. The van der Waals surface area contributed by atoms with E-state index >= 15 is 0 Å². The van der Waals surface area contributed by atoms with Gasteiger partial charge in [0.25, 0.3) is 0 Å². The van der Waals surface area contributed by atoms with E-state index in [4.69, 9.17) is 4.74 Å². The van der Waals surface area contributed by atoms with Crippen LogP contribution in [0.3, 0.4) is 0 Å². The molecule has 0 aliphatic rings. The van der Waals surface area contributed by atoms with Gasteiger partial charge in [-0.25, -0.2) is 0 Å². The van der Waals surface area contributed by atoms with Crippen LogP contribution in [0.25, 0.3) is 6.08 Å². The lowest BCUT2D eigenvalue weighted by Gasteiger charge is -2.15. The molecule has 1 aromatic rings. The third-order valence-electron chi connectivity index (χ3n) is 2.44. The lowest BCUT2D eigenvalue weighted by atomic mass is 10.1. The van der Waals surface area contributed by atoms with Crippen molar-refractivity contribution < 1.29 is 4.74 Å². The highest BCUT2D eigenvalue weighted by Crippen LogP contribution is 2.14. The van der Waals surface area contributed by atoms with Gasteiger partial charge in [-0.2, -0.15) is 0 Å². The molecular weight excluding hydrogens is 184 g/mol. The van der Waals surface area contributed by atoms with Crippen LogP contribution in [0.1, 0.15) is 32.8 Å². The fourth-order valence-electron chi connectivity index (χ4n) is 1.68. The van der Waals surface area contributed by atoms with Crippen LogP contribution in [0.15, 0.2) is 35.9 Å². The first-order valence-corrected chi connectivity index (χ1v) is 5.62. The van der Waals surface area contributed by atoms with Gasteiger partial charge in [0.2, 0.25) is 0 Å². The summed E-state index contributed by atoms with van der Waals surface area (Å²) in [5.41, 5.74) is 2.54. The summed E-state index contributed by atoms with van der Waals surface area (Å²) in [5.74, 6) is 0. The molecule has 1 atom stereocenters. The number of hydrogen-bond donors (Lipinski definition) is 0. The van der Waals surface area contributed by atoms with Crippen LogP contribution in [0.4, 0.5) is 0 Å². The van der Waals surface area contributed by atoms with Crippen molar-refractivity contribution in [3.05, 3.63) is 41.5 Å². The molecule has 1 rings (SSSR count). The molecule has 1 aromatic carbocycles. The third kappa shape index (κ3) is 3.88. The standard InChI is InChI=1S/C14H20O/c1-4-14(15-5-2)12(3)11-13-9-7-6-8-10-13/h6-11,14H,4-5H2,1-3H3/b12-11-. The van der Waals surface area contributed by atoms with E-state index in [0.29, 0.717) is 0 Å². The molecule has 82 valence electrons. The van der Waals surface area contributed by atoms with E-state index in [1.807, 2.05) is 13.0 Å². The Kier molecular flexibility index (Phi) is 5.13. The van der Waals surface area contributed by atoms with Gasteiger partial charge in [0.05, 0.1) is 6.10 Å². The van der Waals surface area contributed by atoms with Crippen molar-refractivity contribution in [2.45, 2.75) is 33.3 Å². The zero-order valence-corrected chi connectivity index (χ0v) is 9.86. The Balaban J connectivity index is 2.73. The highest BCUT2D eigenvalue weighted by Gasteiger charge is 2.07. The van der Waals surface area contributed by atoms with Crippen molar-refractivity contribution in [3.8, 4) is 0 Å². The first-order chi connectivity index (χ1) is 7.27. The molecular formula is C14H20O. The SMILES string of the molecule is CCOC(CC)/C(C)=C\c1ccccc1. The molecule has 1 unspecified atom stereocenters. The fourth-order valence-corrected chi connectivity index (χ4v) is 1.68. The largest absolute Gasteiger partial charge is 0.374 e. The summed E-state index contributed by atoms with van der Waals surface area (Å²) in [5, 5.41) is 0. The van der Waals surface area contributed by atoms with E-state index in [-0.39, 0.29) is 6.10 Å². The topological polar surface area (TPSA) is 9.23 Å². The fraction of sp³-hybridized carbons (Fsp3) is 0.429. The van der Waals surface area contributed by atoms with Gasteiger partial charge in [0.1, 0.15) is 0 Å². The molecule has 0 aromatic heterocycles. The van der Waals surface area contributed by atoms with Gasteiger partial charge in [0, 0.05) is 6.61 Å². The lowest BCUT2D eigenvalue weighted by molar-refractivity contribution is 0.0864. The van der Waals surface area contributed by atoms with Crippen molar-refractivity contribution in [1.29, 1.82) is 0 Å². The van der Waals surface area contributed by atoms with Gasteiger partial charge < -0.3 is 4.74 Å². The van der Waals surface area contributed by atoms with Gasteiger partial charge >= 0.3 is 0 Å². The molecule has 1 nitrogen and oxygen atoms in total. The predicted octanol–water partition coefficient (Wildman–Crippen LogP) is 3.91. The second-order valence-corrected chi connectivity index (χ2v) is 3.65. The van der Waals surface area contributed by atoms with Crippen molar-refractivity contribution in [3.63, 3.8) is 0 Å². The second kappa shape index (κ2) is 6.41. The molecule has 0 saturated carbocycles. The number of hydrogen-bond acceptors (Lipinski definition) is 1. The molecule has 15 heavy (non-hydrogen) atoms. The molecule has 0 bridgehead atoms. The van der Waals surface area contributed by atoms with Gasteiger partial charge in [0.15, 0.2) is 0 Å². The van der Waals surface area contributed by atoms with E-state index in [2.05, 4.69) is 44.2 Å². The molecule has 0 radical (unpaired) electrons. The Morgan fingerprint density at radius 2 is 1.93 bits per heavy atom. The molecule has 0 aliphatic carbocycles. The Morgan fingerprint density at radius 1 is 1.27 bits per heavy atom. The highest BCUT2D eigenvalue weighted by molar-refractivity contribution is 5.52. The second-order valence-electron chi connectivity index (χ2n) is 3.65. The summed E-state index contributed by atoms with van der Waals surface area (Å²) in [6, 6.07) is 10.4. The summed E-state index contributed by atoms with van der Waals surface area (Å²) in [7, 11) is 0. The lowest BCUT2D eigenvalue weighted by Crippen LogP contribution is -2.12. The minimum Gasteiger partial charge on any atom is -0.374 e. The maximum Gasteiger partial charge on any atom is 0.0782 e. The summed E-state index contributed by atoms with van der Waals surface area (Å²) in [4.78, 5) is 0. The van der Waals surface area contributed by atoms with E-state index in [9.17, 15) is 0 Å². The van der Waals surface area contributed by atoms with Gasteiger partial charge in [-0.1, -0.05) is 43.3 Å². The molecule has 0 heterocycles. The summed E-state index contributed by atoms with van der Waals surface area (Å²) >= 11 is 0. The zero-order valence-electron chi connectivity index (χ0n) is 9.86. The van der Waals surface area contributed by atoms with Crippen molar-refractivity contribution >= 4 is 6.08 Å². The first-order valence-electron chi connectivity index (χ1n) is 5.62. The maximum atomic E-state index is 5.66. The summed E-state index contributed by atoms with van der Waals surface area (Å²) in [6.07, 6.45) is 3.49. The summed E-state index contributed by atoms with van der Waals surface area (Å²) in [6.45, 7) is 7.11. The van der Waals surface area contributed by atoms with Crippen molar-refractivity contribution in [2.75, 3.05) is 6.61 Å². The van der Waals surface area contributed by atoms with Gasteiger partial charge in [-0.05, 0) is 31.4 Å². The molecule has 0 aliphatic heterocycles. The average molecular weight is 204 g/mol. The van der Waals surface area contributed by atoms with Crippen LogP contribution < -0.4 is 0 Å². The van der Waals surface area contributed by atoms with E-state index in [0.717, 1.165) is 13.0 Å². The van der Waals surface area contributed by atoms with Crippen LogP contribution in [0.2, 0.25) is 0 Å². The number of ether oxygens (including phenoxy) is 1. The summed E-state index contributed by atoms with van der Waals surface area (Å²) < 4.78 is 5.66. The van der Waals surface area contributed by atoms with E-state index in [1.54, 1.807) is 0 Å². The molecule has 0 amide bonds. The molecule has 0 spiro atoms. The zero-order chi connectivity index (χ0) is 11.1. The number of benzene rings is 1. The monoisotopic (exact) mass is 204 g/mol. The smallest absolute Gasteiger partial charge is 0.0782 e. The first kappa shape index (κ1) is 12.0. The Labute approximate surface area is 92.8 Å². The maximum absolute atomic E-state index is 5.66. The molecule has 0 N–H and O–H groups in total. The van der Waals surface area contributed by atoms with E-state index in [1.165, 1.54) is 11.1 Å². The predicted molar refractivity (Wildman–Crippen MR) is 65.8 cm³/mol. The van der Waals surface area contributed by atoms with Crippen LogP contribution in [0, 0.1) is 0 Å². The normalized spacial score (nSPS) is 13.9. The van der Waals surface area contributed by atoms with Gasteiger partial charge in [-0.15, -0.1) is 0 Å². The minimum atomic E-state index is 0.259. The van der Waals surface area contributed by atoms with Crippen LogP contribution >= 0.6 is 0 Å². The average Bonchev–Trinajstić information content (AvgIpc) is 2.27. The highest BCUT2D eigenvalue weighted by atomic mass is 16.5. The van der Waals surface area contributed by atoms with E-state index < -0.39 is 0 Å². The van der Waals surface area contributed by atoms with Crippen LogP contribution in [-0.4, -0.2) is 12.7 Å². The quantitative estimate of drug-likeness (QED) is 0.706. The molecule has 0 saturated heterocycles.